The fraction of sp³-hybridized carbons (Fsp3) is 0.588. The molecular weight excluding hydrogens is 246 g/mol. The summed E-state index contributed by atoms with van der Waals surface area (Å²) >= 11 is 0. The van der Waals surface area contributed by atoms with E-state index in [0.717, 1.165) is 37.8 Å². The van der Waals surface area contributed by atoms with Crippen LogP contribution in [-0.2, 0) is 6.54 Å². The van der Waals surface area contributed by atoms with Gasteiger partial charge >= 0.3 is 0 Å². The van der Waals surface area contributed by atoms with Gasteiger partial charge in [-0.15, -0.1) is 0 Å². The van der Waals surface area contributed by atoms with E-state index >= 15 is 0 Å². The topological polar surface area (TPSA) is 28.2 Å². The quantitative estimate of drug-likeness (QED) is 0.853. The molecule has 108 valence electrons. The number of anilines is 1. The van der Waals surface area contributed by atoms with E-state index in [2.05, 4.69) is 43.1 Å². The molecule has 1 N–H and O–H groups in total. The predicted octanol–water partition coefficient (Wildman–Crippen LogP) is 3.11. The van der Waals surface area contributed by atoms with Gasteiger partial charge < -0.3 is 10.2 Å². The summed E-state index contributed by atoms with van der Waals surface area (Å²) in [4.78, 5) is 7.27. The molecule has 20 heavy (non-hydrogen) atoms. The van der Waals surface area contributed by atoms with Gasteiger partial charge in [0.15, 0.2) is 0 Å². The molecule has 1 fully saturated rings. The lowest BCUT2D eigenvalue weighted by Crippen LogP contribution is -2.31. The third-order valence-electron chi connectivity index (χ3n) is 4.33. The minimum atomic E-state index is 0.743. The van der Waals surface area contributed by atoms with Crippen molar-refractivity contribution in [2.24, 2.45) is 0 Å². The number of aromatic nitrogens is 1. The first kappa shape index (κ1) is 13.6. The molecule has 0 bridgehead atoms. The summed E-state index contributed by atoms with van der Waals surface area (Å²) in [5.41, 5.74) is 5.38. The van der Waals surface area contributed by atoms with Crippen molar-refractivity contribution in [3.8, 4) is 0 Å². The molecule has 0 amide bonds. The molecule has 1 aromatic rings. The Labute approximate surface area is 122 Å². The number of rotatable bonds is 4. The van der Waals surface area contributed by atoms with Crippen molar-refractivity contribution in [1.82, 2.24) is 10.3 Å². The maximum absolute atomic E-state index is 4.84. The minimum absolute atomic E-state index is 0.743. The summed E-state index contributed by atoms with van der Waals surface area (Å²) in [6.07, 6.45) is 6.16. The van der Waals surface area contributed by atoms with E-state index in [0.29, 0.717) is 0 Å². The highest BCUT2D eigenvalue weighted by molar-refractivity contribution is 5.53. The van der Waals surface area contributed by atoms with Crippen LogP contribution in [0.1, 0.15) is 43.0 Å². The van der Waals surface area contributed by atoms with E-state index in [-0.39, 0.29) is 0 Å². The van der Waals surface area contributed by atoms with Crippen molar-refractivity contribution in [3.05, 3.63) is 34.5 Å². The van der Waals surface area contributed by atoms with Crippen LogP contribution in [0.5, 0.6) is 0 Å². The molecular formula is C17H25N3. The third-order valence-corrected chi connectivity index (χ3v) is 4.33. The molecule has 0 spiro atoms. The Morgan fingerprint density at radius 3 is 2.75 bits per heavy atom. The molecule has 1 saturated carbocycles. The molecule has 2 heterocycles. The molecule has 0 aromatic carbocycles. The van der Waals surface area contributed by atoms with E-state index < -0.39 is 0 Å². The predicted molar refractivity (Wildman–Crippen MR) is 84.2 cm³/mol. The van der Waals surface area contributed by atoms with Crippen LogP contribution in [0.15, 0.2) is 17.7 Å². The molecule has 0 saturated heterocycles. The molecule has 0 radical (unpaired) electrons. The van der Waals surface area contributed by atoms with Crippen LogP contribution < -0.4 is 10.2 Å². The first-order valence-corrected chi connectivity index (χ1v) is 7.74. The highest BCUT2D eigenvalue weighted by Crippen LogP contribution is 2.27. The summed E-state index contributed by atoms with van der Waals surface area (Å²) in [6, 6.07) is 2.95. The smallest absolute Gasteiger partial charge is 0.133 e. The Morgan fingerprint density at radius 2 is 2.10 bits per heavy atom. The summed E-state index contributed by atoms with van der Waals surface area (Å²) < 4.78 is 0. The number of nitrogens with one attached hydrogen (secondary N) is 1. The minimum Gasteiger partial charge on any atom is -0.352 e. The maximum Gasteiger partial charge on any atom is 0.133 e. The molecule has 1 aromatic heterocycles. The first-order valence-electron chi connectivity index (χ1n) is 7.74. The van der Waals surface area contributed by atoms with Gasteiger partial charge in [0.1, 0.15) is 5.82 Å². The Kier molecular flexibility index (Phi) is 3.79. The van der Waals surface area contributed by atoms with Crippen LogP contribution in [0.3, 0.4) is 0 Å². The monoisotopic (exact) mass is 271 g/mol. The van der Waals surface area contributed by atoms with Gasteiger partial charge in [-0.25, -0.2) is 4.98 Å². The summed E-state index contributed by atoms with van der Waals surface area (Å²) in [5.74, 6) is 1.19. The third kappa shape index (κ3) is 3.04. The molecule has 1 aliphatic carbocycles. The number of aryl methyl sites for hydroxylation is 2. The van der Waals surface area contributed by atoms with E-state index in [4.69, 9.17) is 4.98 Å². The van der Waals surface area contributed by atoms with Gasteiger partial charge in [0.05, 0.1) is 0 Å². The van der Waals surface area contributed by atoms with Crippen LogP contribution >= 0.6 is 0 Å². The average molecular weight is 271 g/mol. The van der Waals surface area contributed by atoms with Crippen LogP contribution in [0.2, 0.25) is 0 Å². The lowest BCUT2D eigenvalue weighted by atomic mass is 10.1. The van der Waals surface area contributed by atoms with Crippen molar-refractivity contribution in [2.45, 2.75) is 52.6 Å². The Balaban J connectivity index is 1.86. The zero-order valence-corrected chi connectivity index (χ0v) is 12.9. The lowest BCUT2D eigenvalue weighted by Gasteiger charge is -2.29. The number of nitrogens with zero attached hydrogens (tertiary/aromatic N) is 2. The molecule has 3 heteroatoms. The fourth-order valence-electron chi connectivity index (χ4n) is 2.82. The zero-order chi connectivity index (χ0) is 14.1. The Morgan fingerprint density at radius 1 is 1.30 bits per heavy atom. The normalized spacial score (nSPS) is 19.1. The molecule has 3 rings (SSSR count). The van der Waals surface area contributed by atoms with Crippen LogP contribution in [0, 0.1) is 13.8 Å². The van der Waals surface area contributed by atoms with Crippen LogP contribution in [0.25, 0.3) is 0 Å². The van der Waals surface area contributed by atoms with Crippen LogP contribution in [0.4, 0.5) is 5.82 Å². The van der Waals surface area contributed by atoms with Gasteiger partial charge in [0.2, 0.25) is 0 Å². The summed E-state index contributed by atoms with van der Waals surface area (Å²) in [7, 11) is 0. The average Bonchev–Trinajstić information content (AvgIpc) is 3.22. The van der Waals surface area contributed by atoms with Gasteiger partial charge in [-0.3, -0.25) is 0 Å². The Bertz CT molecular complexity index is 529. The van der Waals surface area contributed by atoms with Crippen molar-refractivity contribution >= 4 is 5.82 Å². The second-order valence-corrected chi connectivity index (χ2v) is 6.28. The standard InChI is InChI=1S/C17H25N3/c1-12-6-8-20(9-7-12)17-16(11-18-15-4-5-15)13(2)10-14(3)19-17/h6,10,15,18H,4-5,7-9,11H2,1-3H3. The van der Waals surface area contributed by atoms with Crippen LogP contribution in [-0.4, -0.2) is 24.1 Å². The lowest BCUT2D eigenvalue weighted by molar-refractivity contribution is 0.674. The zero-order valence-electron chi connectivity index (χ0n) is 12.9. The van der Waals surface area contributed by atoms with Crippen molar-refractivity contribution < 1.29 is 0 Å². The first-order chi connectivity index (χ1) is 9.63. The van der Waals surface area contributed by atoms with Gasteiger partial charge in [0, 0.05) is 36.9 Å². The number of hydrogen-bond acceptors (Lipinski definition) is 3. The molecule has 0 atom stereocenters. The van der Waals surface area contributed by atoms with E-state index in [9.17, 15) is 0 Å². The van der Waals surface area contributed by atoms with Crippen molar-refractivity contribution in [3.63, 3.8) is 0 Å². The number of hydrogen-bond donors (Lipinski definition) is 1. The second-order valence-electron chi connectivity index (χ2n) is 6.28. The maximum atomic E-state index is 4.84. The summed E-state index contributed by atoms with van der Waals surface area (Å²) in [5, 5.41) is 3.64. The van der Waals surface area contributed by atoms with E-state index in [1.807, 2.05) is 0 Å². The fourth-order valence-corrected chi connectivity index (χ4v) is 2.82. The largest absolute Gasteiger partial charge is 0.352 e. The highest BCUT2D eigenvalue weighted by atomic mass is 15.2. The van der Waals surface area contributed by atoms with E-state index in [1.54, 1.807) is 0 Å². The highest BCUT2D eigenvalue weighted by Gasteiger charge is 2.23. The molecule has 2 aliphatic rings. The molecule has 1 aliphatic heterocycles. The molecule has 3 nitrogen and oxygen atoms in total. The van der Waals surface area contributed by atoms with Gasteiger partial charge in [-0.2, -0.15) is 0 Å². The SMILES string of the molecule is CC1=CCN(c2nc(C)cc(C)c2CNC2CC2)CC1. The van der Waals surface area contributed by atoms with Gasteiger partial charge in [-0.05, 0) is 51.7 Å². The number of pyridine rings is 1. The van der Waals surface area contributed by atoms with Gasteiger partial charge in [0.25, 0.3) is 0 Å². The Hall–Kier alpha value is -1.35. The molecule has 0 unspecified atom stereocenters. The second kappa shape index (κ2) is 5.57. The van der Waals surface area contributed by atoms with Gasteiger partial charge in [-0.1, -0.05) is 11.6 Å². The summed E-state index contributed by atoms with van der Waals surface area (Å²) in [6.45, 7) is 9.58. The van der Waals surface area contributed by atoms with E-state index in [1.165, 1.54) is 35.4 Å². The van der Waals surface area contributed by atoms with Crippen molar-refractivity contribution in [1.29, 1.82) is 0 Å². The van der Waals surface area contributed by atoms with Crippen molar-refractivity contribution in [2.75, 3.05) is 18.0 Å².